The minimum atomic E-state index is -0.266. The number of imidazole rings is 1. The lowest BCUT2D eigenvalue weighted by Gasteiger charge is -2.12. The van der Waals surface area contributed by atoms with E-state index in [0.29, 0.717) is 16.8 Å². The van der Waals surface area contributed by atoms with Crippen LogP contribution in [0.3, 0.4) is 0 Å². The van der Waals surface area contributed by atoms with Crippen LogP contribution in [0.15, 0.2) is 73.3 Å². The molecule has 2 heterocycles. The van der Waals surface area contributed by atoms with Gasteiger partial charge in [-0.3, -0.25) is 19.1 Å². The van der Waals surface area contributed by atoms with Crippen molar-refractivity contribution in [2.75, 3.05) is 5.73 Å². The number of benzene rings is 2. The molecule has 3 N–H and O–H groups in total. The van der Waals surface area contributed by atoms with Gasteiger partial charge in [0.1, 0.15) is 12.1 Å². The minimum absolute atomic E-state index is 0.110. The van der Waals surface area contributed by atoms with Gasteiger partial charge >= 0.3 is 0 Å². The van der Waals surface area contributed by atoms with Crippen molar-refractivity contribution in [3.05, 3.63) is 95.7 Å². The molecule has 1 aliphatic rings. The van der Waals surface area contributed by atoms with Crippen molar-refractivity contribution in [3.8, 4) is 16.8 Å². The second-order valence-corrected chi connectivity index (χ2v) is 8.25. The molecule has 0 unspecified atom stereocenters. The number of carbonyl (C=O) groups is 2. The van der Waals surface area contributed by atoms with E-state index in [-0.39, 0.29) is 29.2 Å². The highest BCUT2D eigenvalue weighted by Gasteiger charge is 2.24. The molecule has 7 nitrogen and oxygen atoms in total. The van der Waals surface area contributed by atoms with Crippen LogP contribution in [0.4, 0.5) is 5.82 Å². The number of nitrogens with one attached hydrogen (secondary N) is 1. The van der Waals surface area contributed by atoms with Gasteiger partial charge in [-0.05, 0) is 55.2 Å². The van der Waals surface area contributed by atoms with Gasteiger partial charge in [-0.25, -0.2) is 4.98 Å². The molecule has 0 atom stereocenters. The molecule has 1 amide bonds. The number of nitrogens with two attached hydrogens (primary N) is 1. The monoisotopic (exact) mass is 437 g/mol. The summed E-state index contributed by atoms with van der Waals surface area (Å²) in [5, 5.41) is 2.99. The van der Waals surface area contributed by atoms with Gasteiger partial charge in [-0.1, -0.05) is 30.3 Å². The summed E-state index contributed by atoms with van der Waals surface area (Å²) in [5.74, 6) is -0.146. The number of ketones is 1. The van der Waals surface area contributed by atoms with Crippen LogP contribution in [0.2, 0.25) is 0 Å². The first-order chi connectivity index (χ1) is 16.0. The number of hydrogen-bond donors (Lipinski definition) is 2. The molecule has 33 heavy (non-hydrogen) atoms. The van der Waals surface area contributed by atoms with E-state index in [1.54, 1.807) is 35.2 Å². The summed E-state index contributed by atoms with van der Waals surface area (Å²) in [5.41, 5.74) is 11.0. The molecule has 0 spiro atoms. The third-order valence-corrected chi connectivity index (χ3v) is 5.78. The number of anilines is 1. The Morgan fingerprint density at radius 1 is 1.03 bits per heavy atom. The molecule has 2 aromatic carbocycles. The molecule has 1 saturated carbocycles. The fourth-order valence-corrected chi connectivity index (χ4v) is 3.74. The maximum Gasteiger partial charge on any atom is 0.251 e. The molecular weight excluding hydrogens is 414 g/mol. The van der Waals surface area contributed by atoms with Crippen molar-refractivity contribution < 1.29 is 9.59 Å². The minimum Gasteiger partial charge on any atom is -0.383 e. The molecule has 0 saturated heterocycles. The summed E-state index contributed by atoms with van der Waals surface area (Å²) in [7, 11) is 0. The molecule has 0 aliphatic heterocycles. The van der Waals surface area contributed by atoms with E-state index in [1.165, 1.54) is 6.33 Å². The average Bonchev–Trinajstić information content (AvgIpc) is 3.58. The van der Waals surface area contributed by atoms with Crippen molar-refractivity contribution in [2.24, 2.45) is 0 Å². The quantitative estimate of drug-likeness (QED) is 0.445. The normalized spacial score (nSPS) is 13.0. The van der Waals surface area contributed by atoms with Gasteiger partial charge in [-0.2, -0.15) is 0 Å². The molecule has 7 heteroatoms. The van der Waals surface area contributed by atoms with Crippen LogP contribution in [0.25, 0.3) is 16.8 Å². The van der Waals surface area contributed by atoms with Crippen LogP contribution in [-0.4, -0.2) is 32.3 Å². The number of hydrogen-bond acceptors (Lipinski definition) is 5. The lowest BCUT2D eigenvalue weighted by atomic mass is 10.0. The largest absolute Gasteiger partial charge is 0.383 e. The zero-order chi connectivity index (χ0) is 22.9. The number of rotatable bonds is 6. The molecule has 1 fully saturated rings. The first kappa shape index (κ1) is 20.6. The van der Waals surface area contributed by atoms with Gasteiger partial charge in [0, 0.05) is 35.1 Å². The SMILES string of the molecule is Cc1ccc(C(=O)NC2CC2)cc1-n1cnc(C(=O)c2cccc(-c3cccnc3)c2)c1N. The predicted molar refractivity (Wildman–Crippen MR) is 126 cm³/mol. The van der Waals surface area contributed by atoms with E-state index < -0.39 is 0 Å². The number of aryl methyl sites for hydroxylation is 1. The third kappa shape index (κ3) is 4.13. The van der Waals surface area contributed by atoms with E-state index in [4.69, 9.17) is 5.73 Å². The number of carbonyl (C=O) groups excluding carboxylic acids is 2. The second-order valence-electron chi connectivity index (χ2n) is 8.25. The Kier molecular flexibility index (Phi) is 5.22. The highest BCUT2D eigenvalue weighted by atomic mass is 16.1. The Labute approximate surface area is 191 Å². The maximum atomic E-state index is 13.2. The molecule has 0 bridgehead atoms. The van der Waals surface area contributed by atoms with Gasteiger partial charge in [0.25, 0.3) is 5.91 Å². The van der Waals surface area contributed by atoms with E-state index >= 15 is 0 Å². The second kappa shape index (κ2) is 8.35. The number of aromatic nitrogens is 3. The van der Waals surface area contributed by atoms with Crippen molar-refractivity contribution in [3.63, 3.8) is 0 Å². The summed E-state index contributed by atoms with van der Waals surface area (Å²) in [6, 6.07) is 16.8. The van der Waals surface area contributed by atoms with Crippen molar-refractivity contribution >= 4 is 17.5 Å². The highest BCUT2D eigenvalue weighted by molar-refractivity contribution is 6.11. The average molecular weight is 438 g/mol. The van der Waals surface area contributed by atoms with Gasteiger partial charge in [-0.15, -0.1) is 0 Å². The molecule has 2 aromatic heterocycles. The van der Waals surface area contributed by atoms with Crippen molar-refractivity contribution in [2.45, 2.75) is 25.8 Å². The summed E-state index contributed by atoms with van der Waals surface area (Å²) in [6.07, 6.45) is 7.03. The molecule has 5 rings (SSSR count). The Hall–Kier alpha value is -4.26. The smallest absolute Gasteiger partial charge is 0.251 e. The van der Waals surface area contributed by atoms with Crippen molar-refractivity contribution in [1.29, 1.82) is 0 Å². The lowest BCUT2D eigenvalue weighted by Crippen LogP contribution is -2.25. The Balaban J connectivity index is 1.46. The van der Waals surface area contributed by atoms with Gasteiger partial charge < -0.3 is 11.1 Å². The summed E-state index contributed by atoms with van der Waals surface area (Å²) in [4.78, 5) is 34.2. The highest BCUT2D eigenvalue weighted by Crippen LogP contribution is 2.26. The van der Waals surface area contributed by atoms with E-state index in [1.807, 2.05) is 43.3 Å². The molecule has 0 radical (unpaired) electrons. The fraction of sp³-hybridized carbons (Fsp3) is 0.154. The third-order valence-electron chi connectivity index (χ3n) is 5.78. The number of amides is 1. The van der Waals surface area contributed by atoms with Crippen LogP contribution in [0, 0.1) is 6.92 Å². The van der Waals surface area contributed by atoms with E-state index in [2.05, 4.69) is 15.3 Å². The van der Waals surface area contributed by atoms with Crippen LogP contribution in [0.1, 0.15) is 44.8 Å². The van der Waals surface area contributed by atoms with Gasteiger partial charge in [0.2, 0.25) is 5.78 Å². The Morgan fingerprint density at radius 3 is 2.61 bits per heavy atom. The van der Waals surface area contributed by atoms with E-state index in [0.717, 1.165) is 29.5 Å². The molecule has 1 aliphatic carbocycles. The Bertz CT molecular complexity index is 1360. The first-order valence-corrected chi connectivity index (χ1v) is 10.8. The summed E-state index contributed by atoms with van der Waals surface area (Å²) in [6.45, 7) is 1.93. The van der Waals surface area contributed by atoms with E-state index in [9.17, 15) is 9.59 Å². The van der Waals surface area contributed by atoms with Gasteiger partial charge in [0.15, 0.2) is 5.69 Å². The molecular formula is C26H23N5O2. The molecule has 164 valence electrons. The zero-order valence-corrected chi connectivity index (χ0v) is 18.2. The predicted octanol–water partition coefficient (Wildman–Crippen LogP) is 3.95. The standard InChI is InChI=1S/C26H23N5O2/c1-16-7-8-19(26(33)30-21-9-10-21)13-22(16)31-15-29-23(25(31)27)24(32)18-5-2-4-17(12-18)20-6-3-11-28-14-20/h2-8,11-15,21H,9-10,27H2,1H3,(H,30,33). The van der Waals surface area contributed by atoms with Crippen LogP contribution in [0.5, 0.6) is 0 Å². The number of pyridine rings is 1. The van der Waals surface area contributed by atoms with Gasteiger partial charge in [0.05, 0.1) is 5.69 Å². The van der Waals surface area contributed by atoms with Crippen molar-refractivity contribution in [1.82, 2.24) is 19.9 Å². The molecule has 4 aromatic rings. The maximum absolute atomic E-state index is 13.2. The van der Waals surface area contributed by atoms with Crippen LogP contribution < -0.4 is 11.1 Å². The summed E-state index contributed by atoms with van der Waals surface area (Å²) >= 11 is 0. The van der Waals surface area contributed by atoms with Crippen LogP contribution >= 0.6 is 0 Å². The fourth-order valence-electron chi connectivity index (χ4n) is 3.74. The zero-order valence-electron chi connectivity index (χ0n) is 18.2. The lowest BCUT2D eigenvalue weighted by molar-refractivity contribution is 0.0950. The topological polar surface area (TPSA) is 103 Å². The number of nitrogen functional groups attached to an aromatic ring is 1. The first-order valence-electron chi connectivity index (χ1n) is 10.8. The van der Waals surface area contributed by atoms with Crippen LogP contribution in [-0.2, 0) is 0 Å². The Morgan fingerprint density at radius 2 is 1.85 bits per heavy atom. The number of nitrogens with zero attached hydrogens (tertiary/aromatic N) is 3. The summed E-state index contributed by atoms with van der Waals surface area (Å²) < 4.78 is 1.65.